The summed E-state index contributed by atoms with van der Waals surface area (Å²) in [7, 11) is -3.56. The Kier molecular flexibility index (Phi) is 2.66. The van der Waals surface area contributed by atoms with Crippen molar-refractivity contribution in [3.63, 3.8) is 0 Å². The van der Waals surface area contributed by atoms with Crippen LogP contribution in [0.3, 0.4) is 0 Å². The number of aromatic hydroxyl groups is 1. The van der Waals surface area contributed by atoms with Gasteiger partial charge in [0.2, 0.25) is 0 Å². The van der Waals surface area contributed by atoms with Crippen molar-refractivity contribution in [1.29, 1.82) is 0 Å². The topological polar surface area (TPSA) is 54.4 Å². The first-order valence-corrected chi connectivity index (χ1v) is 6.86. The van der Waals surface area contributed by atoms with Crippen LogP contribution in [-0.2, 0) is 9.84 Å². The molecule has 16 heavy (non-hydrogen) atoms. The molecule has 1 N–H and O–H groups in total. The van der Waals surface area contributed by atoms with Gasteiger partial charge in [0.1, 0.15) is 16.5 Å². The van der Waals surface area contributed by atoms with Gasteiger partial charge in [-0.05, 0) is 30.4 Å². The molecule has 1 aromatic carbocycles. The van der Waals surface area contributed by atoms with Gasteiger partial charge < -0.3 is 5.11 Å². The van der Waals surface area contributed by atoms with Gasteiger partial charge in [0.15, 0.2) is 9.84 Å². The van der Waals surface area contributed by atoms with Gasteiger partial charge in [-0.3, -0.25) is 0 Å². The van der Waals surface area contributed by atoms with Crippen molar-refractivity contribution in [1.82, 2.24) is 0 Å². The maximum Gasteiger partial charge on any atom is 0.181 e. The summed E-state index contributed by atoms with van der Waals surface area (Å²) in [6.07, 6.45) is 1.84. The standard InChI is InChI=1S/C11H13FO3S/c1-2-16(14,15)11-5-8(7-3-4-7)10(13)6-9(11)12/h5-7,13H,2-4H2,1H3. The molecule has 0 saturated heterocycles. The monoisotopic (exact) mass is 244 g/mol. The quantitative estimate of drug-likeness (QED) is 0.886. The Morgan fingerprint density at radius 3 is 2.56 bits per heavy atom. The summed E-state index contributed by atoms with van der Waals surface area (Å²) in [4.78, 5) is -0.297. The predicted octanol–water partition coefficient (Wildman–Crippen LogP) is 2.20. The fraction of sp³-hybridized carbons (Fsp3) is 0.455. The number of sulfone groups is 1. The van der Waals surface area contributed by atoms with Crippen LogP contribution in [0.2, 0.25) is 0 Å². The molecule has 0 aliphatic heterocycles. The largest absolute Gasteiger partial charge is 0.508 e. The summed E-state index contributed by atoms with van der Waals surface area (Å²) in [5.41, 5.74) is 0.549. The minimum Gasteiger partial charge on any atom is -0.508 e. The molecule has 0 bridgehead atoms. The van der Waals surface area contributed by atoms with Crippen molar-refractivity contribution in [2.75, 3.05) is 5.75 Å². The molecule has 1 aliphatic carbocycles. The van der Waals surface area contributed by atoms with E-state index in [1.807, 2.05) is 0 Å². The predicted molar refractivity (Wildman–Crippen MR) is 57.8 cm³/mol. The van der Waals surface area contributed by atoms with Crippen LogP contribution < -0.4 is 0 Å². The molecule has 0 aromatic heterocycles. The van der Waals surface area contributed by atoms with Crippen LogP contribution in [0.5, 0.6) is 5.75 Å². The zero-order valence-corrected chi connectivity index (χ0v) is 9.72. The summed E-state index contributed by atoms with van der Waals surface area (Å²) < 4.78 is 36.7. The summed E-state index contributed by atoms with van der Waals surface area (Å²) in [6.45, 7) is 1.47. The van der Waals surface area contributed by atoms with Crippen LogP contribution in [0, 0.1) is 5.82 Å². The Morgan fingerprint density at radius 1 is 1.44 bits per heavy atom. The van der Waals surface area contributed by atoms with Gasteiger partial charge in [-0.1, -0.05) is 6.92 Å². The van der Waals surface area contributed by atoms with Gasteiger partial charge in [-0.25, -0.2) is 12.8 Å². The highest BCUT2D eigenvalue weighted by Crippen LogP contribution is 2.45. The van der Waals surface area contributed by atoms with Crippen molar-refractivity contribution < 1.29 is 17.9 Å². The average Bonchev–Trinajstić information content (AvgIpc) is 3.01. The van der Waals surface area contributed by atoms with Crippen molar-refractivity contribution in [2.45, 2.75) is 30.6 Å². The summed E-state index contributed by atoms with van der Waals surface area (Å²) in [6, 6.07) is 2.18. The number of phenolic OH excluding ortho intramolecular Hbond substituents is 1. The number of rotatable bonds is 3. The molecule has 88 valence electrons. The fourth-order valence-corrected chi connectivity index (χ4v) is 2.65. The zero-order chi connectivity index (χ0) is 11.9. The maximum absolute atomic E-state index is 13.5. The minimum absolute atomic E-state index is 0.140. The van der Waals surface area contributed by atoms with Crippen LogP contribution in [0.15, 0.2) is 17.0 Å². The lowest BCUT2D eigenvalue weighted by Gasteiger charge is -2.08. The Balaban J connectivity index is 2.57. The zero-order valence-electron chi connectivity index (χ0n) is 8.90. The Hall–Kier alpha value is -1.10. The second kappa shape index (κ2) is 3.73. The average molecular weight is 244 g/mol. The molecule has 1 saturated carbocycles. The molecular weight excluding hydrogens is 231 g/mol. The van der Waals surface area contributed by atoms with Crippen LogP contribution >= 0.6 is 0 Å². The molecule has 2 rings (SSSR count). The Morgan fingerprint density at radius 2 is 2.06 bits per heavy atom. The van der Waals surface area contributed by atoms with Crippen molar-refractivity contribution >= 4 is 9.84 Å². The maximum atomic E-state index is 13.5. The van der Waals surface area contributed by atoms with Gasteiger partial charge in [-0.15, -0.1) is 0 Å². The van der Waals surface area contributed by atoms with E-state index in [-0.39, 0.29) is 22.3 Å². The molecule has 0 radical (unpaired) electrons. The molecule has 0 atom stereocenters. The lowest BCUT2D eigenvalue weighted by Crippen LogP contribution is -2.07. The van der Waals surface area contributed by atoms with E-state index in [9.17, 15) is 17.9 Å². The van der Waals surface area contributed by atoms with Gasteiger partial charge in [0.05, 0.1) is 5.75 Å². The lowest BCUT2D eigenvalue weighted by atomic mass is 10.1. The van der Waals surface area contributed by atoms with Crippen LogP contribution in [-0.4, -0.2) is 19.3 Å². The van der Waals surface area contributed by atoms with E-state index >= 15 is 0 Å². The van der Waals surface area contributed by atoms with E-state index in [1.54, 1.807) is 0 Å². The van der Waals surface area contributed by atoms with Gasteiger partial charge in [0, 0.05) is 6.07 Å². The van der Waals surface area contributed by atoms with Crippen molar-refractivity contribution in [3.8, 4) is 5.75 Å². The van der Waals surface area contributed by atoms with Gasteiger partial charge >= 0.3 is 0 Å². The second-order valence-corrected chi connectivity index (χ2v) is 6.27. The minimum atomic E-state index is -3.56. The smallest absolute Gasteiger partial charge is 0.181 e. The molecule has 1 aromatic rings. The summed E-state index contributed by atoms with van der Waals surface area (Å²) in [5.74, 6) is -0.969. The third kappa shape index (κ3) is 1.91. The fourth-order valence-electron chi connectivity index (χ4n) is 1.67. The highest BCUT2D eigenvalue weighted by molar-refractivity contribution is 7.91. The van der Waals surface area contributed by atoms with E-state index < -0.39 is 15.7 Å². The van der Waals surface area contributed by atoms with Gasteiger partial charge in [0.25, 0.3) is 0 Å². The number of phenols is 1. The molecule has 0 spiro atoms. The number of halogens is 1. The first kappa shape index (κ1) is 11.4. The first-order chi connectivity index (χ1) is 7.45. The number of hydrogen-bond acceptors (Lipinski definition) is 3. The van der Waals surface area contributed by atoms with Gasteiger partial charge in [-0.2, -0.15) is 0 Å². The van der Waals surface area contributed by atoms with E-state index in [0.29, 0.717) is 5.56 Å². The Labute approximate surface area is 93.8 Å². The normalized spacial score (nSPS) is 16.4. The molecule has 0 heterocycles. The highest BCUT2D eigenvalue weighted by atomic mass is 32.2. The molecule has 1 aliphatic rings. The Bertz CT molecular complexity index is 518. The number of hydrogen-bond donors (Lipinski definition) is 1. The van der Waals surface area contributed by atoms with E-state index in [2.05, 4.69) is 0 Å². The second-order valence-electron chi connectivity index (χ2n) is 4.02. The summed E-state index contributed by atoms with van der Waals surface area (Å²) >= 11 is 0. The summed E-state index contributed by atoms with van der Waals surface area (Å²) in [5, 5.41) is 9.53. The lowest BCUT2D eigenvalue weighted by molar-refractivity contribution is 0.458. The number of benzene rings is 1. The first-order valence-electron chi connectivity index (χ1n) is 5.21. The molecule has 1 fully saturated rings. The van der Waals surface area contributed by atoms with Crippen molar-refractivity contribution in [2.24, 2.45) is 0 Å². The molecular formula is C11H13FO3S. The van der Waals surface area contributed by atoms with Crippen LogP contribution in [0.1, 0.15) is 31.2 Å². The van der Waals surface area contributed by atoms with Crippen molar-refractivity contribution in [3.05, 3.63) is 23.5 Å². The van der Waals surface area contributed by atoms with Crippen LogP contribution in [0.25, 0.3) is 0 Å². The highest BCUT2D eigenvalue weighted by Gasteiger charge is 2.29. The molecule has 3 nitrogen and oxygen atoms in total. The molecule has 0 unspecified atom stereocenters. The van der Waals surface area contributed by atoms with Crippen LogP contribution in [0.4, 0.5) is 4.39 Å². The third-order valence-electron chi connectivity index (χ3n) is 2.81. The SMILES string of the molecule is CCS(=O)(=O)c1cc(C2CC2)c(O)cc1F. The molecule has 0 amide bonds. The van der Waals surface area contributed by atoms with E-state index in [1.165, 1.54) is 13.0 Å². The molecule has 5 heteroatoms. The van der Waals surface area contributed by atoms with E-state index in [0.717, 1.165) is 18.9 Å². The third-order valence-corrected chi connectivity index (χ3v) is 4.56. The van der Waals surface area contributed by atoms with E-state index in [4.69, 9.17) is 0 Å².